The van der Waals surface area contributed by atoms with E-state index in [0.29, 0.717) is 0 Å². The van der Waals surface area contributed by atoms with E-state index in [-0.39, 0.29) is 0 Å². The van der Waals surface area contributed by atoms with Crippen LogP contribution in [0.25, 0.3) is 0 Å². The smallest absolute Gasteiger partial charge is 0.101 e. The minimum absolute atomic E-state index is 0.925. The first-order chi connectivity index (χ1) is 11.2. The number of nitrogens with one attached hydrogen (secondary N) is 1. The Morgan fingerprint density at radius 3 is 2.87 bits per heavy atom. The molecule has 0 amide bonds. The summed E-state index contributed by atoms with van der Waals surface area (Å²) in [7, 11) is 2.76. The van der Waals surface area contributed by atoms with E-state index in [4.69, 9.17) is 0 Å². The molecule has 0 saturated carbocycles. The lowest BCUT2D eigenvalue weighted by molar-refractivity contribution is 0.231. The van der Waals surface area contributed by atoms with Crippen LogP contribution in [0, 0.1) is 0 Å². The first-order valence-electron chi connectivity index (χ1n) is 7.76. The summed E-state index contributed by atoms with van der Waals surface area (Å²) in [5.74, 6) is 0.925. The number of thioether (sulfide) groups is 1. The first kappa shape index (κ1) is 17.4. The van der Waals surface area contributed by atoms with Crippen molar-refractivity contribution in [1.29, 1.82) is 0 Å². The average molecular weight is 410 g/mol. The van der Waals surface area contributed by atoms with Crippen LogP contribution in [0.2, 0.25) is 0 Å². The molecule has 0 radical (unpaired) electrons. The van der Waals surface area contributed by atoms with Gasteiger partial charge in [-0.25, -0.2) is 4.98 Å². The summed E-state index contributed by atoms with van der Waals surface area (Å²) < 4.78 is 1.16. The van der Waals surface area contributed by atoms with Crippen molar-refractivity contribution >= 4 is 42.2 Å². The van der Waals surface area contributed by atoms with Crippen molar-refractivity contribution in [2.24, 2.45) is 0 Å². The maximum atomic E-state index is 4.61. The van der Waals surface area contributed by atoms with Gasteiger partial charge in [-0.05, 0) is 34.6 Å². The molecule has 3 nitrogen and oxygen atoms in total. The van der Waals surface area contributed by atoms with Crippen LogP contribution in [0.1, 0.15) is 11.1 Å². The van der Waals surface area contributed by atoms with Crippen LogP contribution in [0.3, 0.4) is 0 Å². The molecule has 3 rings (SSSR count). The highest BCUT2D eigenvalue weighted by Gasteiger charge is 2.13. The van der Waals surface area contributed by atoms with Crippen LogP contribution in [-0.2, 0) is 12.3 Å². The van der Waals surface area contributed by atoms with Gasteiger partial charge < -0.3 is 5.32 Å². The average Bonchev–Trinajstić information content (AvgIpc) is 2.58. The number of aromatic nitrogens is 1. The van der Waals surface area contributed by atoms with Gasteiger partial charge in [0.1, 0.15) is 5.03 Å². The molecule has 1 N–H and O–H groups in total. The highest BCUT2D eigenvalue weighted by molar-refractivity contribution is 9.10. The largest absolute Gasteiger partial charge is 0.314 e. The minimum Gasteiger partial charge on any atom is -0.314 e. The fourth-order valence-corrected chi connectivity index (χ4v) is 4.49. The zero-order chi connectivity index (χ0) is 16.1. The second-order valence-corrected chi connectivity index (χ2v) is 8.12. The molecule has 1 atom stereocenters. The summed E-state index contributed by atoms with van der Waals surface area (Å²) in [6.45, 7) is 5.37. The molecule has 122 valence electrons. The molecular weight excluding hydrogens is 389 g/mol. The van der Waals surface area contributed by atoms with Crippen molar-refractivity contribution in [3.05, 3.63) is 52.1 Å². The second kappa shape index (κ2) is 8.59. The molecular formula is C17H21BrN3PS. The molecule has 0 bridgehead atoms. The van der Waals surface area contributed by atoms with Crippen molar-refractivity contribution < 1.29 is 0 Å². The summed E-state index contributed by atoms with van der Waals surface area (Å²) in [4.78, 5) is 7.11. The van der Waals surface area contributed by atoms with E-state index in [1.54, 1.807) is 0 Å². The maximum Gasteiger partial charge on any atom is 0.101 e. The molecule has 0 spiro atoms. The Bertz CT molecular complexity index is 662. The van der Waals surface area contributed by atoms with Crippen molar-refractivity contribution in [3.63, 3.8) is 0 Å². The fourth-order valence-electron chi connectivity index (χ4n) is 2.64. The van der Waals surface area contributed by atoms with Gasteiger partial charge in [0.25, 0.3) is 0 Å². The minimum atomic E-state index is 0.925. The van der Waals surface area contributed by atoms with E-state index in [2.05, 4.69) is 64.6 Å². The van der Waals surface area contributed by atoms with Crippen LogP contribution in [0.4, 0.5) is 0 Å². The number of hydrogen-bond acceptors (Lipinski definition) is 4. The van der Waals surface area contributed by atoms with Gasteiger partial charge in [0.15, 0.2) is 0 Å². The summed E-state index contributed by atoms with van der Waals surface area (Å²) >= 11 is 5.46. The van der Waals surface area contributed by atoms with E-state index in [9.17, 15) is 0 Å². The number of piperazine rings is 1. The Balaban J connectivity index is 1.68. The molecule has 2 heterocycles. The zero-order valence-corrected chi connectivity index (χ0v) is 16.5. The Morgan fingerprint density at radius 1 is 1.22 bits per heavy atom. The van der Waals surface area contributed by atoms with Crippen molar-refractivity contribution in [2.45, 2.75) is 17.3 Å². The predicted octanol–water partition coefficient (Wildman–Crippen LogP) is 3.04. The van der Waals surface area contributed by atoms with Crippen molar-refractivity contribution in [3.8, 4) is 0 Å². The van der Waals surface area contributed by atoms with E-state index < -0.39 is 0 Å². The SMILES string of the molecule is Pc1ccc(Br)c(CSc2ncccc2CN2CCNCC2)c1. The third-order valence-corrected chi connectivity index (χ3v) is 6.12. The molecule has 23 heavy (non-hydrogen) atoms. The quantitative estimate of drug-likeness (QED) is 0.606. The molecule has 2 aromatic rings. The number of nitrogens with zero attached hydrogens (tertiary/aromatic N) is 2. The summed E-state index contributed by atoms with van der Waals surface area (Å²) in [5, 5.41) is 5.76. The van der Waals surface area contributed by atoms with Gasteiger partial charge in [-0.1, -0.05) is 28.1 Å². The Morgan fingerprint density at radius 2 is 2.04 bits per heavy atom. The van der Waals surface area contributed by atoms with Crippen LogP contribution in [0.15, 0.2) is 46.0 Å². The Kier molecular flexibility index (Phi) is 6.49. The zero-order valence-electron chi connectivity index (χ0n) is 13.0. The van der Waals surface area contributed by atoms with E-state index >= 15 is 0 Å². The predicted molar refractivity (Wildman–Crippen MR) is 105 cm³/mol. The molecule has 1 aromatic carbocycles. The highest BCUT2D eigenvalue weighted by Crippen LogP contribution is 2.28. The molecule has 1 saturated heterocycles. The normalized spacial score (nSPS) is 15.7. The summed E-state index contributed by atoms with van der Waals surface area (Å²) in [6.07, 6.45) is 1.89. The molecule has 6 heteroatoms. The van der Waals surface area contributed by atoms with Gasteiger partial charge in [-0.3, -0.25) is 4.90 Å². The van der Waals surface area contributed by atoms with Crippen LogP contribution < -0.4 is 10.6 Å². The standard InChI is InChI=1S/C17H21BrN3PS/c18-16-4-3-15(22)10-14(16)12-23-17-13(2-1-5-20-17)11-21-8-6-19-7-9-21/h1-5,10,19H,6-9,11-12,22H2. The highest BCUT2D eigenvalue weighted by atomic mass is 79.9. The van der Waals surface area contributed by atoms with Gasteiger partial charge in [0.05, 0.1) is 0 Å². The first-order valence-corrected chi connectivity index (χ1v) is 10.1. The Hall–Kier alpha value is -0.450. The lowest BCUT2D eigenvalue weighted by Crippen LogP contribution is -2.42. The number of hydrogen-bond donors (Lipinski definition) is 1. The van der Waals surface area contributed by atoms with Gasteiger partial charge in [0.2, 0.25) is 0 Å². The molecule has 1 aromatic heterocycles. The lowest BCUT2D eigenvalue weighted by atomic mass is 10.2. The third kappa shape index (κ3) is 5.01. The van der Waals surface area contributed by atoms with Crippen LogP contribution in [0.5, 0.6) is 0 Å². The van der Waals surface area contributed by atoms with E-state index in [0.717, 1.165) is 48.0 Å². The second-order valence-electron chi connectivity index (χ2n) is 5.63. The third-order valence-electron chi connectivity index (χ3n) is 3.89. The van der Waals surface area contributed by atoms with E-state index in [1.165, 1.54) is 16.4 Å². The van der Waals surface area contributed by atoms with Crippen LogP contribution in [-0.4, -0.2) is 36.1 Å². The lowest BCUT2D eigenvalue weighted by Gasteiger charge is -2.27. The van der Waals surface area contributed by atoms with Crippen molar-refractivity contribution in [1.82, 2.24) is 15.2 Å². The number of halogens is 1. The van der Waals surface area contributed by atoms with Gasteiger partial charge in [-0.2, -0.15) is 0 Å². The summed E-state index contributed by atoms with van der Waals surface area (Å²) in [5.41, 5.74) is 2.64. The molecule has 1 unspecified atom stereocenters. The fraction of sp³-hybridized carbons (Fsp3) is 0.353. The Labute approximate surface area is 153 Å². The van der Waals surface area contributed by atoms with Crippen LogP contribution >= 0.6 is 36.9 Å². The number of pyridine rings is 1. The molecule has 1 aliphatic rings. The van der Waals surface area contributed by atoms with Crippen molar-refractivity contribution in [2.75, 3.05) is 26.2 Å². The monoisotopic (exact) mass is 409 g/mol. The number of benzene rings is 1. The molecule has 1 aliphatic heterocycles. The number of rotatable bonds is 5. The maximum absolute atomic E-state index is 4.61. The van der Waals surface area contributed by atoms with Gasteiger partial charge >= 0.3 is 0 Å². The summed E-state index contributed by atoms with van der Waals surface area (Å²) in [6, 6.07) is 10.7. The van der Waals surface area contributed by atoms with Gasteiger partial charge in [-0.15, -0.1) is 21.0 Å². The van der Waals surface area contributed by atoms with E-state index in [1.807, 2.05) is 24.0 Å². The molecule has 1 fully saturated rings. The topological polar surface area (TPSA) is 28.2 Å². The van der Waals surface area contributed by atoms with Gasteiger partial charge in [0, 0.05) is 49.1 Å². The molecule has 0 aliphatic carbocycles.